The van der Waals surface area contributed by atoms with E-state index in [9.17, 15) is 4.79 Å². The largest absolute Gasteiger partial charge is 0.493 e. The van der Waals surface area contributed by atoms with E-state index in [0.717, 1.165) is 15.8 Å². The molecule has 0 atom stereocenters. The number of halogens is 1. The quantitative estimate of drug-likeness (QED) is 0.421. The zero-order chi connectivity index (χ0) is 21.5. The Morgan fingerprint density at radius 1 is 1.00 bits per heavy atom. The van der Waals surface area contributed by atoms with Gasteiger partial charge in [-0.2, -0.15) is 0 Å². The van der Waals surface area contributed by atoms with Gasteiger partial charge in [-0.15, -0.1) is 0 Å². The van der Waals surface area contributed by atoms with Gasteiger partial charge in [0.2, 0.25) is 0 Å². The van der Waals surface area contributed by atoms with E-state index in [1.165, 1.54) is 0 Å². The van der Waals surface area contributed by atoms with Crippen LogP contribution < -0.4 is 14.2 Å². The molecule has 6 nitrogen and oxygen atoms in total. The first kappa shape index (κ1) is 21.8. The van der Waals surface area contributed by atoms with Crippen LogP contribution in [0.25, 0.3) is 0 Å². The van der Waals surface area contributed by atoms with Gasteiger partial charge >= 0.3 is 0 Å². The average molecular weight is 474 g/mol. The number of methoxy groups -OCH3 is 2. The average Bonchev–Trinajstić information content (AvgIpc) is 3.25. The number of carbonyl (C=O) groups is 1. The van der Waals surface area contributed by atoms with Gasteiger partial charge in [0, 0.05) is 17.6 Å². The maximum absolute atomic E-state index is 12.9. The fourth-order valence-electron chi connectivity index (χ4n) is 2.94. The van der Waals surface area contributed by atoms with Crippen molar-refractivity contribution in [3.63, 3.8) is 0 Å². The van der Waals surface area contributed by atoms with Crippen molar-refractivity contribution in [1.29, 1.82) is 0 Å². The second kappa shape index (κ2) is 10.2. The summed E-state index contributed by atoms with van der Waals surface area (Å²) in [5.74, 6) is 2.70. The number of nitrogens with zero attached hydrogens (tertiary/aromatic N) is 1. The van der Waals surface area contributed by atoms with Gasteiger partial charge in [-0.1, -0.05) is 22.0 Å². The van der Waals surface area contributed by atoms with Crippen LogP contribution in [0.15, 0.2) is 63.5 Å². The molecule has 0 spiro atoms. The second-order valence-corrected chi connectivity index (χ2v) is 7.43. The van der Waals surface area contributed by atoms with Crippen LogP contribution in [0, 0.1) is 0 Å². The standard InChI is InChI=1S/C23H24BrNO5/c1-4-25(14-16-5-11-20(27-2)22(13-16)28-3)23(26)21-12-10-19(30-21)15-29-18-8-6-17(24)7-9-18/h5-13H,4,14-15H2,1-3H3. The molecular formula is C23H24BrNO5. The van der Waals surface area contributed by atoms with Crippen LogP contribution in [-0.4, -0.2) is 31.6 Å². The summed E-state index contributed by atoms with van der Waals surface area (Å²) in [7, 11) is 3.18. The predicted molar refractivity (Wildman–Crippen MR) is 117 cm³/mol. The summed E-state index contributed by atoms with van der Waals surface area (Å²) < 4.78 is 23.0. The van der Waals surface area contributed by atoms with Gasteiger partial charge < -0.3 is 23.5 Å². The highest BCUT2D eigenvalue weighted by molar-refractivity contribution is 9.10. The molecule has 0 saturated heterocycles. The van der Waals surface area contributed by atoms with E-state index >= 15 is 0 Å². The summed E-state index contributed by atoms with van der Waals surface area (Å²) in [6.45, 7) is 3.15. The van der Waals surface area contributed by atoms with Crippen molar-refractivity contribution in [3.8, 4) is 17.2 Å². The Bertz CT molecular complexity index is 984. The lowest BCUT2D eigenvalue weighted by Gasteiger charge is -2.20. The fraction of sp³-hybridized carbons (Fsp3) is 0.261. The molecule has 0 unspecified atom stereocenters. The third-order valence-corrected chi connectivity index (χ3v) is 5.09. The number of carbonyl (C=O) groups excluding carboxylic acids is 1. The van der Waals surface area contributed by atoms with Crippen LogP contribution >= 0.6 is 15.9 Å². The van der Waals surface area contributed by atoms with Crippen molar-refractivity contribution < 1.29 is 23.4 Å². The molecule has 0 aliphatic rings. The number of rotatable bonds is 9. The molecule has 0 saturated carbocycles. The Hall–Kier alpha value is -2.93. The smallest absolute Gasteiger partial charge is 0.289 e. The summed E-state index contributed by atoms with van der Waals surface area (Å²) in [6.07, 6.45) is 0. The van der Waals surface area contributed by atoms with E-state index in [0.29, 0.717) is 30.3 Å². The zero-order valence-corrected chi connectivity index (χ0v) is 18.8. The van der Waals surface area contributed by atoms with Crippen molar-refractivity contribution in [1.82, 2.24) is 4.90 Å². The number of hydrogen-bond donors (Lipinski definition) is 0. The van der Waals surface area contributed by atoms with Crippen molar-refractivity contribution in [2.24, 2.45) is 0 Å². The van der Waals surface area contributed by atoms with Crippen molar-refractivity contribution >= 4 is 21.8 Å². The molecule has 30 heavy (non-hydrogen) atoms. The maximum atomic E-state index is 12.9. The van der Waals surface area contributed by atoms with Crippen LogP contribution in [-0.2, 0) is 13.2 Å². The topological polar surface area (TPSA) is 61.1 Å². The lowest BCUT2D eigenvalue weighted by molar-refractivity contribution is 0.0716. The van der Waals surface area contributed by atoms with Gasteiger partial charge in [0.05, 0.1) is 14.2 Å². The van der Waals surface area contributed by atoms with Crippen LogP contribution in [0.5, 0.6) is 17.2 Å². The van der Waals surface area contributed by atoms with Crippen LogP contribution in [0.4, 0.5) is 0 Å². The maximum Gasteiger partial charge on any atom is 0.289 e. The molecule has 3 rings (SSSR count). The molecule has 3 aromatic rings. The van der Waals surface area contributed by atoms with E-state index in [2.05, 4.69) is 15.9 Å². The number of ether oxygens (including phenoxy) is 3. The monoisotopic (exact) mass is 473 g/mol. The summed E-state index contributed by atoms with van der Waals surface area (Å²) in [6, 6.07) is 16.6. The lowest BCUT2D eigenvalue weighted by Crippen LogP contribution is -2.30. The normalized spacial score (nSPS) is 10.5. The first-order valence-electron chi connectivity index (χ1n) is 9.51. The Kier molecular flexibility index (Phi) is 7.41. The van der Waals surface area contributed by atoms with Crippen molar-refractivity contribution in [2.75, 3.05) is 20.8 Å². The van der Waals surface area contributed by atoms with E-state index in [4.69, 9.17) is 18.6 Å². The minimum atomic E-state index is -0.179. The van der Waals surface area contributed by atoms with Gasteiger partial charge in [-0.25, -0.2) is 0 Å². The first-order valence-corrected chi connectivity index (χ1v) is 10.3. The number of hydrogen-bond acceptors (Lipinski definition) is 5. The molecule has 158 valence electrons. The molecule has 1 amide bonds. The number of amides is 1. The summed E-state index contributed by atoms with van der Waals surface area (Å²) >= 11 is 3.39. The Morgan fingerprint density at radius 2 is 1.73 bits per heavy atom. The molecule has 1 aromatic heterocycles. The molecule has 0 N–H and O–H groups in total. The summed E-state index contributed by atoms with van der Waals surface area (Å²) in [4.78, 5) is 14.6. The predicted octanol–water partition coefficient (Wildman–Crippen LogP) is 5.30. The third-order valence-electron chi connectivity index (χ3n) is 4.56. The van der Waals surface area contributed by atoms with Crippen LogP contribution in [0.3, 0.4) is 0 Å². The molecule has 0 aliphatic carbocycles. The van der Waals surface area contributed by atoms with Gasteiger partial charge in [-0.05, 0) is 61.0 Å². The van der Waals surface area contributed by atoms with Gasteiger partial charge in [-0.3, -0.25) is 4.79 Å². The zero-order valence-electron chi connectivity index (χ0n) is 17.2. The summed E-state index contributed by atoms with van der Waals surface area (Å²) in [5.41, 5.74) is 0.938. The molecule has 0 aliphatic heterocycles. The molecule has 1 heterocycles. The Morgan fingerprint density at radius 3 is 2.40 bits per heavy atom. The van der Waals surface area contributed by atoms with E-state index < -0.39 is 0 Å². The number of benzene rings is 2. The minimum Gasteiger partial charge on any atom is -0.493 e. The molecule has 0 bridgehead atoms. The number of furan rings is 1. The van der Waals surface area contributed by atoms with Crippen molar-refractivity contribution in [3.05, 3.63) is 76.2 Å². The lowest BCUT2D eigenvalue weighted by atomic mass is 10.2. The van der Waals surface area contributed by atoms with Crippen LogP contribution in [0.2, 0.25) is 0 Å². The van der Waals surface area contributed by atoms with Gasteiger partial charge in [0.1, 0.15) is 18.1 Å². The molecule has 7 heteroatoms. The highest BCUT2D eigenvalue weighted by Gasteiger charge is 2.19. The molecule has 2 aromatic carbocycles. The minimum absolute atomic E-state index is 0.179. The van der Waals surface area contributed by atoms with E-state index in [1.807, 2.05) is 49.4 Å². The first-order chi connectivity index (χ1) is 14.5. The van der Waals surface area contributed by atoms with Gasteiger partial charge in [0.15, 0.2) is 17.3 Å². The SMILES string of the molecule is CCN(Cc1ccc(OC)c(OC)c1)C(=O)c1ccc(COc2ccc(Br)cc2)o1. The molecule has 0 fully saturated rings. The Labute approximate surface area is 184 Å². The molecular weight excluding hydrogens is 450 g/mol. The van der Waals surface area contributed by atoms with Gasteiger partial charge in [0.25, 0.3) is 5.91 Å². The fourth-order valence-corrected chi connectivity index (χ4v) is 3.20. The van der Waals surface area contributed by atoms with Crippen molar-refractivity contribution in [2.45, 2.75) is 20.1 Å². The second-order valence-electron chi connectivity index (χ2n) is 6.52. The summed E-state index contributed by atoms with van der Waals surface area (Å²) in [5, 5.41) is 0. The van der Waals surface area contributed by atoms with E-state index in [1.54, 1.807) is 31.3 Å². The highest BCUT2D eigenvalue weighted by atomic mass is 79.9. The van der Waals surface area contributed by atoms with E-state index in [-0.39, 0.29) is 18.3 Å². The third kappa shape index (κ3) is 5.36. The highest BCUT2D eigenvalue weighted by Crippen LogP contribution is 2.28. The van der Waals surface area contributed by atoms with Crippen LogP contribution in [0.1, 0.15) is 28.8 Å². The molecule has 0 radical (unpaired) electrons. The Balaban J connectivity index is 1.65.